The van der Waals surface area contributed by atoms with Crippen LogP contribution in [-0.4, -0.2) is 27.4 Å². The third-order valence-corrected chi connectivity index (χ3v) is 4.03. The van der Waals surface area contributed by atoms with Gasteiger partial charge in [0.15, 0.2) is 0 Å². The van der Waals surface area contributed by atoms with Gasteiger partial charge in [-0.2, -0.15) is 0 Å². The van der Waals surface area contributed by atoms with Crippen molar-refractivity contribution in [1.82, 2.24) is 9.55 Å². The summed E-state index contributed by atoms with van der Waals surface area (Å²) in [5.74, 6) is 0.278. The SMILES string of the molecule is NCc1ccccc1O.O=POCC1CCC(n2ccc(=O)[nH]c2=O)O1. The van der Waals surface area contributed by atoms with Crippen molar-refractivity contribution in [2.45, 2.75) is 31.7 Å². The highest BCUT2D eigenvalue weighted by Gasteiger charge is 2.27. The van der Waals surface area contributed by atoms with Crippen LogP contribution in [0.5, 0.6) is 5.75 Å². The van der Waals surface area contributed by atoms with E-state index in [9.17, 15) is 14.2 Å². The largest absolute Gasteiger partial charge is 0.508 e. The minimum absolute atomic E-state index is 0.180. The second-order valence-corrected chi connectivity index (χ2v) is 5.92. The molecule has 1 fully saturated rings. The topological polar surface area (TPSA) is 137 Å². The second-order valence-electron chi connectivity index (χ2n) is 5.51. The standard InChI is InChI=1S/C9H11N2O5P.C7H9NO/c12-7-3-4-11(9(13)10-7)8-2-1-6(16-8)5-15-17-14;8-5-6-3-1-2-4-7(6)9/h3-4,6,8H,1-2,5H2,(H,10,12,13);1-4,9H,5,8H2. The van der Waals surface area contributed by atoms with E-state index in [4.69, 9.17) is 20.1 Å². The highest BCUT2D eigenvalue weighted by Crippen LogP contribution is 2.27. The van der Waals surface area contributed by atoms with Crippen LogP contribution in [0.4, 0.5) is 0 Å². The van der Waals surface area contributed by atoms with Gasteiger partial charge in [-0.05, 0) is 18.9 Å². The molecule has 1 aromatic carbocycles. The molecule has 2 heterocycles. The van der Waals surface area contributed by atoms with Crippen LogP contribution in [0.2, 0.25) is 0 Å². The van der Waals surface area contributed by atoms with Crippen molar-refractivity contribution in [1.29, 1.82) is 0 Å². The van der Waals surface area contributed by atoms with Gasteiger partial charge >= 0.3 is 14.4 Å². The van der Waals surface area contributed by atoms with Crippen LogP contribution in [-0.2, 0) is 20.4 Å². The Morgan fingerprint density at radius 2 is 2.08 bits per heavy atom. The van der Waals surface area contributed by atoms with Crippen molar-refractivity contribution in [3.63, 3.8) is 0 Å². The molecule has 2 unspecified atom stereocenters. The van der Waals surface area contributed by atoms with Crippen LogP contribution in [0.3, 0.4) is 0 Å². The number of aromatic hydroxyl groups is 1. The fourth-order valence-corrected chi connectivity index (χ4v) is 2.69. The van der Waals surface area contributed by atoms with Crippen molar-refractivity contribution < 1.29 is 18.9 Å². The number of nitrogens with zero attached hydrogens (tertiary/aromatic N) is 1. The van der Waals surface area contributed by atoms with Gasteiger partial charge in [0, 0.05) is 24.4 Å². The number of hydrogen-bond acceptors (Lipinski definition) is 7. The van der Waals surface area contributed by atoms with Gasteiger partial charge in [-0.1, -0.05) is 18.2 Å². The van der Waals surface area contributed by atoms with Gasteiger partial charge in [0.2, 0.25) is 0 Å². The van der Waals surface area contributed by atoms with E-state index < -0.39 is 17.5 Å². The quantitative estimate of drug-likeness (QED) is 0.664. The molecular formula is C16H20N3O6P. The lowest BCUT2D eigenvalue weighted by molar-refractivity contribution is -0.0181. The van der Waals surface area contributed by atoms with Gasteiger partial charge in [0.25, 0.3) is 5.56 Å². The summed E-state index contributed by atoms with van der Waals surface area (Å²) in [5.41, 5.74) is 5.15. The van der Waals surface area contributed by atoms with Gasteiger partial charge < -0.3 is 15.6 Å². The second kappa shape index (κ2) is 9.98. The zero-order valence-corrected chi connectivity index (χ0v) is 14.8. The van der Waals surface area contributed by atoms with E-state index in [1.54, 1.807) is 18.2 Å². The Bertz CT molecular complexity index is 837. The average Bonchev–Trinajstić information content (AvgIpc) is 3.09. The van der Waals surface area contributed by atoms with E-state index in [0.717, 1.165) is 5.56 Å². The minimum atomic E-state index is -0.494. The Kier molecular flexibility index (Phi) is 7.68. The number of phenols is 1. The number of H-pyrrole nitrogens is 1. The first-order chi connectivity index (χ1) is 12.5. The van der Waals surface area contributed by atoms with Crippen molar-refractivity contribution in [3.8, 4) is 5.75 Å². The fraction of sp³-hybridized carbons (Fsp3) is 0.375. The van der Waals surface area contributed by atoms with E-state index in [-0.39, 0.29) is 27.1 Å². The van der Waals surface area contributed by atoms with E-state index in [2.05, 4.69) is 4.98 Å². The van der Waals surface area contributed by atoms with Crippen LogP contribution in [0.1, 0.15) is 24.6 Å². The molecule has 0 amide bonds. The Labute approximate surface area is 150 Å². The van der Waals surface area contributed by atoms with E-state index in [0.29, 0.717) is 19.4 Å². The predicted molar refractivity (Wildman–Crippen MR) is 94.0 cm³/mol. The fourth-order valence-electron chi connectivity index (χ4n) is 2.47. The molecule has 0 aliphatic carbocycles. The minimum Gasteiger partial charge on any atom is -0.508 e. The summed E-state index contributed by atoms with van der Waals surface area (Å²) in [6.07, 6.45) is 2.18. The summed E-state index contributed by atoms with van der Waals surface area (Å²) in [6.45, 7) is 0.617. The van der Waals surface area contributed by atoms with Crippen LogP contribution < -0.4 is 17.0 Å². The number of ether oxygens (including phenoxy) is 1. The molecular weight excluding hydrogens is 361 g/mol. The normalized spacial score (nSPS) is 19.1. The lowest BCUT2D eigenvalue weighted by Crippen LogP contribution is -2.31. The average molecular weight is 381 g/mol. The Morgan fingerprint density at radius 3 is 2.69 bits per heavy atom. The first-order valence-corrected chi connectivity index (χ1v) is 8.66. The summed E-state index contributed by atoms with van der Waals surface area (Å²) < 4.78 is 21.7. The number of rotatable bonds is 5. The molecule has 4 N–H and O–H groups in total. The maximum Gasteiger partial charge on any atom is 0.330 e. The highest BCUT2D eigenvalue weighted by molar-refractivity contribution is 7.17. The molecule has 1 aromatic heterocycles. The first-order valence-electron chi connectivity index (χ1n) is 7.93. The van der Waals surface area contributed by atoms with Gasteiger partial charge in [0.05, 0.1) is 12.7 Å². The van der Waals surface area contributed by atoms with Crippen molar-refractivity contribution in [2.24, 2.45) is 5.73 Å². The monoisotopic (exact) mass is 381 g/mol. The molecule has 9 nitrogen and oxygen atoms in total. The lowest BCUT2D eigenvalue weighted by atomic mass is 10.2. The Hall–Kier alpha value is -2.32. The van der Waals surface area contributed by atoms with Gasteiger partial charge in [-0.15, -0.1) is 0 Å². The number of hydrogen-bond donors (Lipinski definition) is 3. The number of phenolic OH excluding ortho intramolecular Hbond substituents is 1. The highest BCUT2D eigenvalue weighted by atomic mass is 31.1. The molecule has 0 spiro atoms. The molecule has 3 rings (SSSR count). The molecule has 140 valence electrons. The van der Waals surface area contributed by atoms with Crippen molar-refractivity contribution in [2.75, 3.05) is 6.61 Å². The number of nitrogens with one attached hydrogen (secondary N) is 1. The lowest BCUT2D eigenvalue weighted by Gasteiger charge is -2.14. The molecule has 1 aliphatic rings. The molecule has 0 bridgehead atoms. The molecule has 0 radical (unpaired) electrons. The summed E-state index contributed by atoms with van der Waals surface area (Å²) in [6, 6.07) is 8.32. The summed E-state index contributed by atoms with van der Waals surface area (Å²) in [7, 11) is -0.381. The van der Waals surface area contributed by atoms with Gasteiger partial charge in [0.1, 0.15) is 12.0 Å². The molecule has 0 saturated carbocycles. The number of benzene rings is 1. The summed E-state index contributed by atoms with van der Waals surface area (Å²) in [5, 5.41) is 9.03. The number of aromatic amines is 1. The van der Waals surface area contributed by atoms with Crippen molar-refractivity contribution >= 4 is 8.69 Å². The molecule has 2 aromatic rings. The maximum absolute atomic E-state index is 11.5. The van der Waals surface area contributed by atoms with Crippen LogP contribution >= 0.6 is 8.69 Å². The van der Waals surface area contributed by atoms with E-state index in [1.165, 1.54) is 16.8 Å². The molecule has 1 saturated heterocycles. The summed E-state index contributed by atoms with van der Waals surface area (Å²) >= 11 is 0. The predicted octanol–water partition coefficient (Wildman–Crippen LogP) is 1.29. The molecule has 1 aliphatic heterocycles. The molecule has 10 heteroatoms. The third-order valence-electron chi connectivity index (χ3n) is 3.77. The van der Waals surface area contributed by atoms with E-state index >= 15 is 0 Å². The zero-order chi connectivity index (χ0) is 18.9. The Balaban J connectivity index is 0.000000228. The van der Waals surface area contributed by atoms with Gasteiger partial charge in [-0.3, -0.25) is 18.9 Å². The van der Waals surface area contributed by atoms with Crippen LogP contribution in [0.25, 0.3) is 0 Å². The third kappa shape index (κ3) is 5.60. The zero-order valence-electron chi connectivity index (χ0n) is 13.9. The van der Waals surface area contributed by atoms with Gasteiger partial charge in [-0.25, -0.2) is 9.36 Å². The number of aromatic nitrogens is 2. The number of para-hydroxylation sites is 1. The molecule has 26 heavy (non-hydrogen) atoms. The summed E-state index contributed by atoms with van der Waals surface area (Å²) in [4.78, 5) is 24.6. The maximum atomic E-state index is 11.5. The van der Waals surface area contributed by atoms with Crippen molar-refractivity contribution in [3.05, 3.63) is 62.9 Å². The number of nitrogens with two attached hydrogens (primary N) is 1. The van der Waals surface area contributed by atoms with E-state index in [1.807, 2.05) is 6.07 Å². The Morgan fingerprint density at radius 1 is 1.31 bits per heavy atom. The molecule has 2 atom stereocenters. The van der Waals surface area contributed by atoms with Crippen LogP contribution in [0, 0.1) is 0 Å². The first kappa shape index (κ1) is 20.0. The smallest absolute Gasteiger partial charge is 0.330 e. The van der Waals surface area contributed by atoms with Crippen LogP contribution in [0.15, 0.2) is 46.1 Å².